The molecule has 3 aliphatic rings. The van der Waals surface area contributed by atoms with Gasteiger partial charge in [0.25, 0.3) is 5.91 Å². The minimum Gasteiger partial charge on any atom is -0.510 e. The van der Waals surface area contributed by atoms with Crippen LogP contribution in [0.4, 0.5) is 5.69 Å². The van der Waals surface area contributed by atoms with Gasteiger partial charge in [0.1, 0.15) is 22.8 Å². The molecule has 234 valence electrons. The van der Waals surface area contributed by atoms with Crippen LogP contribution in [0.5, 0.6) is 5.75 Å². The number of ketones is 2. The summed E-state index contributed by atoms with van der Waals surface area (Å²) in [7, 11) is 6.75. The fraction of sp³-hybridized carbons (Fsp3) is 0.548. The van der Waals surface area contributed by atoms with Crippen molar-refractivity contribution in [3.8, 4) is 5.75 Å². The van der Waals surface area contributed by atoms with E-state index in [1.807, 2.05) is 20.8 Å². The Bertz CT molecular complexity index is 1490. The fourth-order valence-electron chi connectivity index (χ4n) is 6.93. The molecule has 0 bridgehead atoms. The maximum atomic E-state index is 14.2. The normalized spacial score (nSPS) is 25.4. The molecule has 0 spiro atoms. The molecule has 1 aromatic carbocycles. The summed E-state index contributed by atoms with van der Waals surface area (Å²) in [5.74, 6) is -7.19. The van der Waals surface area contributed by atoms with Crippen molar-refractivity contribution in [3.63, 3.8) is 0 Å². The van der Waals surface area contributed by atoms with Gasteiger partial charge < -0.3 is 36.0 Å². The van der Waals surface area contributed by atoms with Crippen LogP contribution in [0.15, 0.2) is 28.7 Å². The Balaban J connectivity index is 1.93. The van der Waals surface area contributed by atoms with Crippen molar-refractivity contribution in [2.75, 3.05) is 39.6 Å². The van der Waals surface area contributed by atoms with Crippen molar-refractivity contribution in [1.29, 1.82) is 0 Å². The summed E-state index contributed by atoms with van der Waals surface area (Å²) in [6, 6.07) is 0.684. The highest BCUT2D eigenvalue weighted by molar-refractivity contribution is 6.25. The number of primary amides is 1. The smallest absolute Gasteiger partial charge is 0.255 e. The van der Waals surface area contributed by atoms with Crippen LogP contribution < -0.4 is 10.6 Å². The summed E-state index contributed by atoms with van der Waals surface area (Å²) in [4.78, 5) is 57.3. The van der Waals surface area contributed by atoms with E-state index in [0.29, 0.717) is 23.4 Å². The number of Topliss-reactive ketones (excluding diaryl/α,β-unsaturated/α-hetero) is 2. The van der Waals surface area contributed by atoms with Gasteiger partial charge in [-0.2, -0.15) is 0 Å². The van der Waals surface area contributed by atoms with Crippen LogP contribution in [0.25, 0.3) is 0 Å². The SMILES string of the molecule is CC(=O)N(Cc1cc(N(C)C)c2c(c1O)C(=O)C1=C(O)[C@]3(O)C(=O)C(C(N)=O)=C(O)[C@@H](N(C)C)[C@@H]3C[C@@H]1C2)CC(C)(C)C. The molecule has 0 saturated heterocycles. The molecule has 4 rings (SSSR count). The van der Waals surface area contributed by atoms with Gasteiger partial charge in [-0.1, -0.05) is 20.8 Å². The molecular formula is C31H42N4O8. The molecule has 0 saturated carbocycles. The molecule has 0 heterocycles. The van der Waals surface area contributed by atoms with E-state index in [1.165, 1.54) is 11.8 Å². The first kappa shape index (κ1) is 32.0. The topological polar surface area (TPSA) is 185 Å². The highest BCUT2D eigenvalue weighted by Crippen LogP contribution is 2.53. The van der Waals surface area contributed by atoms with Crippen molar-refractivity contribution in [1.82, 2.24) is 9.80 Å². The molecule has 12 heteroatoms. The number of phenolic OH excluding ortho intramolecular Hbond substituents is 1. The minimum absolute atomic E-state index is 0.00480. The number of hydrogen-bond acceptors (Lipinski definition) is 10. The molecule has 0 radical (unpaired) electrons. The van der Waals surface area contributed by atoms with Crippen molar-refractivity contribution in [2.24, 2.45) is 23.0 Å². The summed E-state index contributed by atoms with van der Waals surface area (Å²) < 4.78 is 0. The zero-order chi connectivity index (χ0) is 32.5. The van der Waals surface area contributed by atoms with Gasteiger partial charge in [-0.05, 0) is 49.9 Å². The number of nitrogens with zero attached hydrogens (tertiary/aromatic N) is 3. The number of nitrogens with two attached hydrogens (primary N) is 1. The van der Waals surface area contributed by atoms with E-state index in [2.05, 4.69) is 0 Å². The van der Waals surface area contributed by atoms with E-state index in [9.17, 15) is 39.6 Å². The summed E-state index contributed by atoms with van der Waals surface area (Å²) >= 11 is 0. The molecule has 2 amide bonds. The van der Waals surface area contributed by atoms with Crippen LogP contribution in [0, 0.1) is 17.3 Å². The lowest BCUT2D eigenvalue weighted by molar-refractivity contribution is -0.148. The molecule has 0 unspecified atom stereocenters. The van der Waals surface area contributed by atoms with Crippen LogP contribution in [0.3, 0.4) is 0 Å². The first-order chi connectivity index (χ1) is 19.7. The second-order valence-corrected chi connectivity index (χ2v) is 13.6. The third kappa shape index (κ3) is 5.06. The quantitative estimate of drug-likeness (QED) is 0.301. The Kier molecular flexibility index (Phi) is 7.95. The van der Waals surface area contributed by atoms with Crippen LogP contribution in [0.1, 0.15) is 55.6 Å². The number of carbonyl (C=O) groups excluding carboxylic acids is 4. The zero-order valence-electron chi connectivity index (χ0n) is 26.0. The third-order valence-electron chi connectivity index (χ3n) is 8.73. The summed E-state index contributed by atoms with van der Waals surface area (Å²) in [6.45, 7) is 7.78. The van der Waals surface area contributed by atoms with Crippen LogP contribution in [-0.2, 0) is 27.3 Å². The molecule has 43 heavy (non-hydrogen) atoms. The second kappa shape index (κ2) is 10.7. The number of aliphatic hydroxyl groups is 3. The first-order valence-electron chi connectivity index (χ1n) is 14.2. The number of aliphatic hydroxyl groups excluding tert-OH is 2. The summed E-state index contributed by atoms with van der Waals surface area (Å²) in [5.41, 5.74) is 2.78. The molecular weight excluding hydrogens is 556 g/mol. The molecule has 4 atom stereocenters. The Morgan fingerprint density at radius 1 is 1.09 bits per heavy atom. The number of anilines is 1. The fourth-order valence-corrected chi connectivity index (χ4v) is 6.93. The number of benzene rings is 1. The van der Waals surface area contributed by atoms with E-state index < -0.39 is 58.0 Å². The zero-order valence-corrected chi connectivity index (χ0v) is 26.0. The van der Waals surface area contributed by atoms with E-state index in [-0.39, 0.29) is 47.6 Å². The Morgan fingerprint density at radius 2 is 1.70 bits per heavy atom. The highest BCUT2D eigenvalue weighted by Gasteiger charge is 2.63. The van der Waals surface area contributed by atoms with Gasteiger partial charge in [-0.3, -0.25) is 24.1 Å². The molecule has 12 nitrogen and oxygen atoms in total. The number of carbonyl (C=O) groups is 4. The van der Waals surface area contributed by atoms with Gasteiger partial charge >= 0.3 is 0 Å². The predicted molar refractivity (Wildman–Crippen MR) is 159 cm³/mol. The van der Waals surface area contributed by atoms with Gasteiger partial charge in [0.15, 0.2) is 11.4 Å². The third-order valence-corrected chi connectivity index (χ3v) is 8.73. The number of likely N-dealkylation sites (N-methyl/N-ethyl adjacent to an activating group) is 1. The lowest BCUT2D eigenvalue weighted by atomic mass is 9.58. The van der Waals surface area contributed by atoms with Gasteiger partial charge in [-0.25, -0.2) is 0 Å². The predicted octanol–water partition coefficient (Wildman–Crippen LogP) is 1.58. The Labute approximate surface area is 251 Å². The summed E-state index contributed by atoms with van der Waals surface area (Å²) in [6.07, 6.45) is 0.180. The van der Waals surface area contributed by atoms with Crippen LogP contribution in [-0.4, -0.2) is 100.0 Å². The van der Waals surface area contributed by atoms with Crippen molar-refractivity contribution >= 4 is 29.1 Å². The van der Waals surface area contributed by atoms with Gasteiger partial charge in [0.2, 0.25) is 11.7 Å². The lowest BCUT2D eigenvalue weighted by Gasteiger charge is -2.50. The Hall–Kier alpha value is -3.90. The van der Waals surface area contributed by atoms with Crippen LogP contribution >= 0.6 is 0 Å². The average Bonchev–Trinajstić information content (AvgIpc) is 2.85. The number of allylic oxidation sites excluding steroid dienone is 1. The lowest BCUT2D eigenvalue weighted by Crippen LogP contribution is -2.63. The maximum Gasteiger partial charge on any atom is 0.255 e. The minimum atomic E-state index is -2.71. The molecule has 3 aliphatic carbocycles. The number of phenols is 1. The summed E-state index contributed by atoms with van der Waals surface area (Å²) in [5, 5.41) is 45.8. The van der Waals surface area contributed by atoms with E-state index in [1.54, 1.807) is 44.1 Å². The van der Waals surface area contributed by atoms with Gasteiger partial charge in [-0.15, -0.1) is 0 Å². The first-order valence-corrected chi connectivity index (χ1v) is 14.2. The number of fused-ring (bicyclic) bond motifs is 3. The molecule has 0 aliphatic heterocycles. The van der Waals surface area contributed by atoms with Crippen LogP contribution in [0.2, 0.25) is 0 Å². The molecule has 0 fully saturated rings. The number of amides is 2. The highest BCUT2D eigenvalue weighted by atomic mass is 16.3. The monoisotopic (exact) mass is 598 g/mol. The van der Waals surface area contributed by atoms with Gasteiger partial charge in [0.05, 0.1) is 11.6 Å². The van der Waals surface area contributed by atoms with Crippen molar-refractivity contribution in [2.45, 2.75) is 58.7 Å². The van der Waals surface area contributed by atoms with Crippen molar-refractivity contribution < 1.29 is 39.6 Å². The molecule has 6 N–H and O–H groups in total. The average molecular weight is 599 g/mol. The maximum absolute atomic E-state index is 14.2. The Morgan fingerprint density at radius 3 is 2.19 bits per heavy atom. The molecule has 0 aromatic heterocycles. The second-order valence-electron chi connectivity index (χ2n) is 13.6. The molecule has 1 aromatic rings. The number of aromatic hydroxyl groups is 1. The van der Waals surface area contributed by atoms with E-state index in [0.717, 1.165) is 0 Å². The van der Waals surface area contributed by atoms with E-state index in [4.69, 9.17) is 5.73 Å². The van der Waals surface area contributed by atoms with Crippen molar-refractivity contribution in [3.05, 3.63) is 45.4 Å². The number of rotatable bonds is 6. The largest absolute Gasteiger partial charge is 0.510 e. The number of hydrogen-bond donors (Lipinski definition) is 5. The van der Waals surface area contributed by atoms with Gasteiger partial charge in [0, 0.05) is 56.9 Å². The standard InChI is InChI=1S/C31H42N4O8/c1-14(36)35(13-30(2,3)4)12-16-11-19(33(5)6)17-9-15-10-18-23(34(7)8)26(39)22(29(32)42)28(41)31(18,43)27(40)20(15)25(38)21(17)24(16)37/h11,15,18,23,37,39-40,43H,9-10,12-13H2,1-8H3,(H2,32,42)/t15-,18-,23-,31-/m0/s1. The van der Waals surface area contributed by atoms with E-state index >= 15 is 0 Å².